The summed E-state index contributed by atoms with van der Waals surface area (Å²) in [6.45, 7) is 5.86. The van der Waals surface area contributed by atoms with Gasteiger partial charge >= 0.3 is 0 Å². The van der Waals surface area contributed by atoms with Gasteiger partial charge < -0.3 is 10.1 Å². The van der Waals surface area contributed by atoms with E-state index in [4.69, 9.17) is 4.74 Å². The molecule has 0 saturated heterocycles. The summed E-state index contributed by atoms with van der Waals surface area (Å²) in [4.78, 5) is 22.6. The summed E-state index contributed by atoms with van der Waals surface area (Å²) in [5.41, 5.74) is 1.84. The van der Waals surface area contributed by atoms with Gasteiger partial charge in [0, 0.05) is 17.8 Å². The second-order valence-corrected chi connectivity index (χ2v) is 5.90. The Morgan fingerprint density at radius 3 is 2.40 bits per heavy atom. The summed E-state index contributed by atoms with van der Waals surface area (Å²) in [6, 6.07) is 13.4. The number of nitro groups is 1. The van der Waals surface area contributed by atoms with Gasteiger partial charge in [-0.1, -0.05) is 32.0 Å². The van der Waals surface area contributed by atoms with Crippen molar-refractivity contribution in [3.63, 3.8) is 0 Å². The maximum atomic E-state index is 12.4. The molecular weight excluding hydrogens is 320 g/mol. The maximum absolute atomic E-state index is 12.4. The van der Waals surface area contributed by atoms with E-state index >= 15 is 0 Å². The van der Waals surface area contributed by atoms with Crippen molar-refractivity contribution >= 4 is 17.3 Å². The highest BCUT2D eigenvalue weighted by Crippen LogP contribution is 2.27. The zero-order chi connectivity index (χ0) is 18.4. The van der Waals surface area contributed by atoms with Crippen LogP contribution in [0.3, 0.4) is 0 Å². The van der Waals surface area contributed by atoms with E-state index in [0.717, 1.165) is 17.7 Å². The lowest BCUT2D eigenvalue weighted by Crippen LogP contribution is -2.30. The van der Waals surface area contributed by atoms with Crippen molar-refractivity contribution in [1.29, 1.82) is 0 Å². The minimum absolute atomic E-state index is 0.0214. The van der Waals surface area contributed by atoms with Gasteiger partial charge in [0.1, 0.15) is 5.75 Å². The van der Waals surface area contributed by atoms with E-state index in [0.29, 0.717) is 11.7 Å². The molecule has 2 aromatic carbocycles. The quantitative estimate of drug-likeness (QED) is 0.593. The van der Waals surface area contributed by atoms with Crippen LogP contribution in [0.25, 0.3) is 0 Å². The van der Waals surface area contributed by atoms with Gasteiger partial charge in [0.05, 0.1) is 4.92 Å². The van der Waals surface area contributed by atoms with E-state index in [1.54, 1.807) is 6.92 Å². The average molecular weight is 342 g/mol. The van der Waals surface area contributed by atoms with Crippen LogP contribution in [-0.2, 0) is 4.79 Å². The Bertz CT molecular complexity index is 743. The Hall–Kier alpha value is -2.89. The summed E-state index contributed by atoms with van der Waals surface area (Å²) in [5, 5.41) is 13.6. The zero-order valence-electron chi connectivity index (χ0n) is 14.6. The molecular formula is C19H22N2O4. The molecule has 0 radical (unpaired) electrons. The fraction of sp³-hybridized carbons (Fsp3) is 0.316. The number of rotatable bonds is 7. The number of nitro benzene ring substituents is 1. The van der Waals surface area contributed by atoms with E-state index in [1.807, 2.05) is 24.3 Å². The zero-order valence-corrected chi connectivity index (χ0v) is 14.6. The van der Waals surface area contributed by atoms with Crippen LogP contribution in [0.5, 0.6) is 5.75 Å². The van der Waals surface area contributed by atoms with Gasteiger partial charge in [0.15, 0.2) is 6.10 Å². The maximum Gasteiger partial charge on any atom is 0.269 e. The van der Waals surface area contributed by atoms with Gasteiger partial charge in [0.2, 0.25) is 0 Å². The summed E-state index contributed by atoms with van der Waals surface area (Å²) in [5.74, 6) is 0.472. The minimum atomic E-state index is -0.730. The van der Waals surface area contributed by atoms with Crippen LogP contribution in [0.4, 0.5) is 11.4 Å². The van der Waals surface area contributed by atoms with Gasteiger partial charge in [0.25, 0.3) is 11.6 Å². The van der Waals surface area contributed by atoms with Crippen LogP contribution >= 0.6 is 0 Å². The molecule has 132 valence electrons. The normalized spacial score (nSPS) is 12.9. The molecule has 6 heteroatoms. The van der Waals surface area contributed by atoms with Crippen molar-refractivity contribution in [3.05, 3.63) is 64.2 Å². The number of carbonyl (C=O) groups is 1. The Morgan fingerprint density at radius 1 is 1.16 bits per heavy atom. The van der Waals surface area contributed by atoms with Gasteiger partial charge in [-0.05, 0) is 43.0 Å². The molecule has 1 amide bonds. The molecule has 0 aliphatic rings. The first kappa shape index (κ1) is 18.4. The highest BCUT2D eigenvalue weighted by Gasteiger charge is 2.18. The van der Waals surface area contributed by atoms with Crippen LogP contribution in [-0.4, -0.2) is 16.9 Å². The van der Waals surface area contributed by atoms with E-state index < -0.39 is 11.0 Å². The second kappa shape index (κ2) is 8.28. The van der Waals surface area contributed by atoms with Crippen molar-refractivity contribution in [3.8, 4) is 5.75 Å². The molecule has 2 atom stereocenters. The topological polar surface area (TPSA) is 81.5 Å². The number of hydrogen-bond acceptors (Lipinski definition) is 4. The van der Waals surface area contributed by atoms with Crippen molar-refractivity contribution in [2.45, 2.75) is 39.2 Å². The number of nitrogens with zero attached hydrogens (tertiary/aromatic N) is 1. The molecule has 0 saturated carbocycles. The standard InChI is InChI=1S/C19H22N2O4/c1-4-13(2)17-7-5-6-8-18(17)20-19(22)14(3)25-16-11-9-15(10-12-16)21(23)24/h5-14H,4H2,1-3H3,(H,20,22)/t13-,14-/m1/s1. The van der Waals surface area contributed by atoms with Gasteiger partial charge in [-0.3, -0.25) is 14.9 Å². The summed E-state index contributed by atoms with van der Waals surface area (Å²) < 4.78 is 5.58. The molecule has 0 fully saturated rings. The highest BCUT2D eigenvalue weighted by atomic mass is 16.6. The Kier molecular flexibility index (Phi) is 6.11. The summed E-state index contributed by atoms with van der Waals surface area (Å²) in [7, 11) is 0. The fourth-order valence-electron chi connectivity index (χ4n) is 2.40. The number of benzene rings is 2. The molecule has 1 N–H and O–H groups in total. The van der Waals surface area contributed by atoms with Crippen LogP contribution in [0.2, 0.25) is 0 Å². The lowest BCUT2D eigenvalue weighted by Gasteiger charge is -2.18. The third kappa shape index (κ3) is 4.79. The molecule has 2 aromatic rings. The van der Waals surface area contributed by atoms with E-state index in [9.17, 15) is 14.9 Å². The Balaban J connectivity index is 2.04. The first-order valence-electron chi connectivity index (χ1n) is 8.23. The number of nitrogens with one attached hydrogen (secondary N) is 1. The highest BCUT2D eigenvalue weighted by molar-refractivity contribution is 5.94. The first-order valence-corrected chi connectivity index (χ1v) is 8.23. The molecule has 0 aliphatic carbocycles. The molecule has 6 nitrogen and oxygen atoms in total. The molecule has 2 rings (SSSR count). The number of para-hydroxylation sites is 1. The Morgan fingerprint density at radius 2 is 1.80 bits per heavy atom. The van der Waals surface area contributed by atoms with Gasteiger partial charge in [-0.15, -0.1) is 0 Å². The lowest BCUT2D eigenvalue weighted by atomic mass is 9.97. The summed E-state index contributed by atoms with van der Waals surface area (Å²) in [6.07, 6.45) is 0.244. The summed E-state index contributed by atoms with van der Waals surface area (Å²) >= 11 is 0. The Labute approximate surface area is 147 Å². The monoisotopic (exact) mass is 342 g/mol. The molecule has 0 bridgehead atoms. The molecule has 0 unspecified atom stereocenters. The largest absolute Gasteiger partial charge is 0.481 e. The predicted molar refractivity (Wildman–Crippen MR) is 97.0 cm³/mol. The van der Waals surface area contributed by atoms with Crippen LogP contribution < -0.4 is 10.1 Å². The average Bonchev–Trinajstić information content (AvgIpc) is 2.61. The fourth-order valence-corrected chi connectivity index (χ4v) is 2.40. The molecule has 0 aliphatic heterocycles. The molecule has 0 spiro atoms. The number of amides is 1. The molecule has 25 heavy (non-hydrogen) atoms. The predicted octanol–water partition coefficient (Wildman–Crippen LogP) is 4.51. The van der Waals surface area contributed by atoms with Crippen LogP contribution in [0.15, 0.2) is 48.5 Å². The lowest BCUT2D eigenvalue weighted by molar-refractivity contribution is -0.384. The van der Waals surface area contributed by atoms with Gasteiger partial charge in [-0.25, -0.2) is 0 Å². The van der Waals surface area contributed by atoms with E-state index in [-0.39, 0.29) is 11.6 Å². The van der Waals surface area contributed by atoms with Crippen molar-refractivity contribution in [2.24, 2.45) is 0 Å². The molecule has 0 heterocycles. The third-order valence-corrected chi connectivity index (χ3v) is 4.09. The number of hydrogen-bond donors (Lipinski definition) is 1. The molecule has 0 aromatic heterocycles. The van der Waals surface area contributed by atoms with Crippen molar-refractivity contribution in [2.75, 3.05) is 5.32 Å². The number of carbonyl (C=O) groups excluding carboxylic acids is 1. The number of non-ortho nitro benzene ring substituents is 1. The van der Waals surface area contributed by atoms with Gasteiger partial charge in [-0.2, -0.15) is 0 Å². The first-order chi connectivity index (χ1) is 11.9. The van der Waals surface area contributed by atoms with E-state index in [2.05, 4.69) is 19.2 Å². The number of ether oxygens (including phenoxy) is 1. The van der Waals surface area contributed by atoms with Crippen LogP contribution in [0.1, 0.15) is 38.7 Å². The third-order valence-electron chi connectivity index (χ3n) is 4.09. The van der Waals surface area contributed by atoms with E-state index in [1.165, 1.54) is 24.3 Å². The number of anilines is 1. The SMILES string of the molecule is CC[C@@H](C)c1ccccc1NC(=O)[C@@H](C)Oc1ccc([N+](=O)[O-])cc1. The minimum Gasteiger partial charge on any atom is -0.481 e. The van der Waals surface area contributed by atoms with Crippen molar-refractivity contribution in [1.82, 2.24) is 0 Å². The smallest absolute Gasteiger partial charge is 0.269 e. The second-order valence-electron chi connectivity index (χ2n) is 5.90. The van der Waals surface area contributed by atoms with Crippen molar-refractivity contribution < 1.29 is 14.5 Å². The van der Waals surface area contributed by atoms with Crippen LogP contribution in [0, 0.1) is 10.1 Å².